The molecule has 1 unspecified atom stereocenters. The Hall–Kier alpha value is -0.450. The Morgan fingerprint density at radius 3 is 2.83 bits per heavy atom. The van der Waals surface area contributed by atoms with E-state index in [4.69, 9.17) is 5.73 Å². The van der Waals surface area contributed by atoms with Crippen molar-refractivity contribution in [2.45, 2.75) is 25.9 Å². The first-order chi connectivity index (χ1) is 5.53. The second kappa shape index (κ2) is 3.51. The summed E-state index contributed by atoms with van der Waals surface area (Å²) in [5, 5.41) is 12.5. The molecule has 0 saturated heterocycles. The first kappa shape index (κ1) is 9.64. The van der Waals surface area contributed by atoms with Crippen LogP contribution in [0.3, 0.4) is 0 Å². The van der Waals surface area contributed by atoms with Crippen LogP contribution in [0.5, 0.6) is 0 Å². The summed E-state index contributed by atoms with van der Waals surface area (Å²) in [5.41, 5.74) is 5.58. The van der Waals surface area contributed by atoms with Crippen LogP contribution in [0, 0.1) is 6.92 Å². The summed E-state index contributed by atoms with van der Waals surface area (Å²) in [6, 6.07) is 0. The summed E-state index contributed by atoms with van der Waals surface area (Å²) >= 11 is 1.57. The van der Waals surface area contributed by atoms with Crippen LogP contribution in [0.1, 0.15) is 17.6 Å². The maximum absolute atomic E-state index is 9.63. The van der Waals surface area contributed by atoms with Crippen LogP contribution in [0.4, 0.5) is 0 Å². The lowest BCUT2D eigenvalue weighted by Crippen LogP contribution is -2.36. The fourth-order valence-electron chi connectivity index (χ4n) is 0.882. The van der Waals surface area contributed by atoms with E-state index < -0.39 is 5.60 Å². The van der Waals surface area contributed by atoms with E-state index >= 15 is 0 Å². The zero-order chi connectivity index (χ0) is 9.19. The number of hydrogen-bond donors (Lipinski definition) is 2. The molecule has 1 aromatic heterocycles. The number of nitrogens with zero attached hydrogens (tertiary/aromatic N) is 1. The van der Waals surface area contributed by atoms with Crippen molar-refractivity contribution < 1.29 is 5.11 Å². The molecule has 0 aliphatic heterocycles. The maximum atomic E-state index is 9.63. The number of aromatic nitrogens is 1. The Labute approximate surface area is 76.3 Å². The minimum absolute atomic E-state index is 0.269. The van der Waals surface area contributed by atoms with Crippen molar-refractivity contribution in [3.05, 3.63) is 16.1 Å². The lowest BCUT2D eigenvalue weighted by atomic mass is 10.0. The van der Waals surface area contributed by atoms with E-state index in [9.17, 15) is 5.11 Å². The van der Waals surface area contributed by atoms with Gasteiger partial charge in [0, 0.05) is 24.0 Å². The minimum Gasteiger partial charge on any atom is -0.388 e. The van der Waals surface area contributed by atoms with Crippen molar-refractivity contribution in [1.29, 1.82) is 0 Å². The van der Waals surface area contributed by atoms with Gasteiger partial charge in [-0.25, -0.2) is 4.98 Å². The summed E-state index contributed by atoms with van der Waals surface area (Å²) in [6.45, 7) is 3.94. The fraction of sp³-hybridized carbons (Fsp3) is 0.625. The van der Waals surface area contributed by atoms with E-state index in [1.54, 1.807) is 18.3 Å². The molecule has 4 heteroatoms. The van der Waals surface area contributed by atoms with E-state index in [1.807, 2.05) is 12.3 Å². The average Bonchev–Trinajstić information content (AvgIpc) is 2.35. The molecule has 1 rings (SSSR count). The summed E-state index contributed by atoms with van der Waals surface area (Å²) < 4.78 is 0. The molecule has 3 N–H and O–H groups in total. The van der Waals surface area contributed by atoms with E-state index in [0.29, 0.717) is 6.42 Å². The fourth-order valence-corrected chi connectivity index (χ4v) is 1.83. The highest BCUT2D eigenvalue weighted by Crippen LogP contribution is 2.15. The third kappa shape index (κ3) is 2.55. The molecule has 0 bridgehead atoms. The minimum atomic E-state index is -0.815. The summed E-state index contributed by atoms with van der Waals surface area (Å²) in [5.74, 6) is 0. The van der Waals surface area contributed by atoms with Gasteiger partial charge < -0.3 is 10.8 Å². The zero-order valence-corrected chi connectivity index (χ0v) is 8.19. The number of hydrogen-bond acceptors (Lipinski definition) is 4. The third-order valence-corrected chi connectivity index (χ3v) is 2.61. The van der Waals surface area contributed by atoms with E-state index in [1.165, 1.54) is 0 Å². The number of rotatable bonds is 3. The summed E-state index contributed by atoms with van der Waals surface area (Å²) in [4.78, 5) is 4.25. The van der Waals surface area contributed by atoms with Gasteiger partial charge in [0.2, 0.25) is 0 Å². The molecule has 0 saturated carbocycles. The molecule has 1 aromatic rings. The van der Waals surface area contributed by atoms with Crippen LogP contribution in [0.25, 0.3) is 0 Å². The van der Waals surface area contributed by atoms with Gasteiger partial charge in [-0.15, -0.1) is 11.3 Å². The van der Waals surface area contributed by atoms with E-state index in [0.717, 1.165) is 10.7 Å². The van der Waals surface area contributed by atoms with Crippen molar-refractivity contribution in [2.24, 2.45) is 5.73 Å². The highest BCUT2D eigenvalue weighted by atomic mass is 32.1. The van der Waals surface area contributed by atoms with Gasteiger partial charge in [0.05, 0.1) is 10.6 Å². The van der Waals surface area contributed by atoms with Crippen LogP contribution in [0.15, 0.2) is 5.38 Å². The van der Waals surface area contributed by atoms with E-state index in [2.05, 4.69) is 4.98 Å². The molecule has 0 radical (unpaired) electrons. The van der Waals surface area contributed by atoms with Gasteiger partial charge >= 0.3 is 0 Å². The predicted molar refractivity (Wildman–Crippen MR) is 50.2 cm³/mol. The Morgan fingerprint density at radius 1 is 1.75 bits per heavy atom. The van der Waals surface area contributed by atoms with Crippen molar-refractivity contribution in [3.8, 4) is 0 Å². The van der Waals surface area contributed by atoms with Gasteiger partial charge in [-0.2, -0.15) is 0 Å². The molecule has 3 nitrogen and oxygen atoms in total. The van der Waals surface area contributed by atoms with Crippen molar-refractivity contribution in [1.82, 2.24) is 4.98 Å². The van der Waals surface area contributed by atoms with Crippen LogP contribution < -0.4 is 5.73 Å². The molecule has 12 heavy (non-hydrogen) atoms. The second-order valence-electron chi connectivity index (χ2n) is 3.26. The highest BCUT2D eigenvalue weighted by Gasteiger charge is 2.20. The van der Waals surface area contributed by atoms with Gasteiger partial charge in [0.25, 0.3) is 0 Å². The number of aliphatic hydroxyl groups is 1. The molecular formula is C8H14N2OS. The quantitative estimate of drug-likeness (QED) is 0.730. The molecule has 0 aliphatic carbocycles. The van der Waals surface area contributed by atoms with Crippen LogP contribution >= 0.6 is 11.3 Å². The molecule has 0 aromatic carbocycles. The summed E-state index contributed by atoms with van der Waals surface area (Å²) in [6.07, 6.45) is 0.544. The van der Waals surface area contributed by atoms with Crippen molar-refractivity contribution >= 4 is 11.3 Å². The molecule has 68 valence electrons. The number of aryl methyl sites for hydroxylation is 1. The Morgan fingerprint density at radius 2 is 2.42 bits per heavy atom. The smallest absolute Gasteiger partial charge is 0.0957 e. The molecule has 0 aliphatic rings. The van der Waals surface area contributed by atoms with Crippen molar-refractivity contribution in [3.63, 3.8) is 0 Å². The maximum Gasteiger partial charge on any atom is 0.0957 e. The molecule has 1 heterocycles. The second-order valence-corrected chi connectivity index (χ2v) is 4.20. The first-order valence-electron chi connectivity index (χ1n) is 3.87. The zero-order valence-electron chi connectivity index (χ0n) is 7.37. The number of nitrogens with two attached hydrogens (primary N) is 1. The normalized spacial score (nSPS) is 16.0. The largest absolute Gasteiger partial charge is 0.388 e. The molecule has 0 fully saturated rings. The van der Waals surface area contributed by atoms with Crippen LogP contribution in [-0.4, -0.2) is 22.2 Å². The monoisotopic (exact) mass is 186 g/mol. The third-order valence-electron chi connectivity index (χ3n) is 1.64. The predicted octanol–water partition coefficient (Wildman–Crippen LogP) is 0.704. The lowest BCUT2D eigenvalue weighted by Gasteiger charge is -2.18. The molecule has 1 atom stereocenters. The topological polar surface area (TPSA) is 59.1 Å². The SMILES string of the molecule is Cc1csc(CC(C)(O)CN)n1. The Kier molecular flexibility index (Phi) is 2.82. The molecular weight excluding hydrogens is 172 g/mol. The standard InChI is InChI=1S/C8H14N2OS/c1-6-4-12-7(10-6)3-8(2,11)5-9/h4,11H,3,5,9H2,1-2H3. The van der Waals surface area contributed by atoms with Gasteiger partial charge in [0.15, 0.2) is 0 Å². The van der Waals surface area contributed by atoms with Gasteiger partial charge in [-0.1, -0.05) is 0 Å². The van der Waals surface area contributed by atoms with Gasteiger partial charge in [-0.3, -0.25) is 0 Å². The highest BCUT2D eigenvalue weighted by molar-refractivity contribution is 7.09. The lowest BCUT2D eigenvalue weighted by molar-refractivity contribution is 0.0696. The molecule has 0 amide bonds. The Bertz CT molecular complexity index is 257. The van der Waals surface area contributed by atoms with Gasteiger partial charge in [-0.05, 0) is 13.8 Å². The average molecular weight is 186 g/mol. The molecule has 0 spiro atoms. The number of thiazole rings is 1. The van der Waals surface area contributed by atoms with E-state index in [-0.39, 0.29) is 6.54 Å². The Balaban J connectivity index is 2.63. The van der Waals surface area contributed by atoms with Crippen molar-refractivity contribution in [2.75, 3.05) is 6.54 Å². The van der Waals surface area contributed by atoms with Gasteiger partial charge in [0.1, 0.15) is 0 Å². The van der Waals surface area contributed by atoms with Crippen LogP contribution in [0.2, 0.25) is 0 Å². The van der Waals surface area contributed by atoms with Crippen LogP contribution in [-0.2, 0) is 6.42 Å². The first-order valence-corrected chi connectivity index (χ1v) is 4.75. The summed E-state index contributed by atoms with van der Waals surface area (Å²) in [7, 11) is 0.